The fourth-order valence-corrected chi connectivity index (χ4v) is 4.62. The van der Waals surface area contributed by atoms with E-state index in [2.05, 4.69) is 4.90 Å². The summed E-state index contributed by atoms with van der Waals surface area (Å²) >= 11 is 6.27. The first-order chi connectivity index (χ1) is 19.2. The Morgan fingerprint density at radius 1 is 1.05 bits per heavy atom. The SMILES string of the molecule is Cc1ccc(CN(Cc2ccc(F)cc2)C(=O)CN(CCN2CCOCC2)C(=O)c2ccc([N+](=O)[O-])cc2Cl)o1. The van der Waals surface area contributed by atoms with E-state index in [0.29, 0.717) is 49.9 Å². The van der Waals surface area contributed by atoms with E-state index in [1.165, 1.54) is 34.1 Å². The summed E-state index contributed by atoms with van der Waals surface area (Å²) in [7, 11) is 0. The Morgan fingerprint density at radius 2 is 1.77 bits per heavy atom. The second-order valence-corrected chi connectivity index (χ2v) is 9.90. The highest BCUT2D eigenvalue weighted by Crippen LogP contribution is 2.24. The van der Waals surface area contributed by atoms with E-state index in [-0.39, 0.29) is 54.2 Å². The zero-order chi connectivity index (χ0) is 28.6. The number of halogens is 2. The standard InChI is InChI=1S/C28H30ClFN4O6/c1-20-2-8-24(40-20)18-33(17-21-3-5-22(30)6-4-21)27(35)19-32(11-10-31-12-14-39-15-13-31)28(36)25-9-7-23(34(37)38)16-26(25)29/h2-9,16H,10-15,17-19H2,1H3. The van der Waals surface area contributed by atoms with E-state index in [1.807, 2.05) is 0 Å². The molecule has 0 unspecified atom stereocenters. The van der Waals surface area contributed by atoms with E-state index in [4.69, 9.17) is 20.8 Å². The number of ether oxygens (including phenoxy) is 1. The molecule has 1 aliphatic heterocycles. The van der Waals surface area contributed by atoms with Crippen molar-refractivity contribution in [2.75, 3.05) is 45.9 Å². The van der Waals surface area contributed by atoms with Gasteiger partial charge in [-0.15, -0.1) is 0 Å². The third-order valence-corrected chi connectivity index (χ3v) is 6.89. The van der Waals surface area contributed by atoms with Gasteiger partial charge in [0.1, 0.15) is 23.9 Å². The number of carbonyl (C=O) groups is 2. The highest BCUT2D eigenvalue weighted by atomic mass is 35.5. The van der Waals surface area contributed by atoms with Gasteiger partial charge in [0.15, 0.2) is 0 Å². The molecule has 0 atom stereocenters. The van der Waals surface area contributed by atoms with E-state index < -0.39 is 10.8 Å². The number of morpholine rings is 1. The molecule has 2 heterocycles. The molecule has 0 N–H and O–H groups in total. The van der Waals surface area contributed by atoms with Gasteiger partial charge in [-0.3, -0.25) is 24.6 Å². The van der Waals surface area contributed by atoms with Gasteiger partial charge in [-0.2, -0.15) is 0 Å². The molecule has 212 valence electrons. The largest absolute Gasteiger partial charge is 0.464 e. The highest BCUT2D eigenvalue weighted by Gasteiger charge is 2.26. The molecular formula is C28H30ClFN4O6. The summed E-state index contributed by atoms with van der Waals surface area (Å²) < 4.78 is 24.6. The monoisotopic (exact) mass is 572 g/mol. The van der Waals surface area contributed by atoms with Crippen LogP contribution in [0.25, 0.3) is 0 Å². The summed E-state index contributed by atoms with van der Waals surface area (Å²) in [5, 5.41) is 11.1. The summed E-state index contributed by atoms with van der Waals surface area (Å²) in [6.07, 6.45) is 0. The fraction of sp³-hybridized carbons (Fsp3) is 0.357. The Balaban J connectivity index is 1.57. The Kier molecular flexibility index (Phi) is 9.86. The van der Waals surface area contributed by atoms with Crippen molar-refractivity contribution in [3.63, 3.8) is 0 Å². The van der Waals surface area contributed by atoms with E-state index in [9.17, 15) is 24.1 Å². The predicted octanol–water partition coefficient (Wildman–Crippen LogP) is 4.29. The number of nitro benzene ring substituents is 1. The Morgan fingerprint density at radius 3 is 2.40 bits per heavy atom. The number of aryl methyl sites for hydroxylation is 1. The van der Waals surface area contributed by atoms with Crippen LogP contribution in [0.1, 0.15) is 27.4 Å². The van der Waals surface area contributed by atoms with E-state index in [1.54, 1.807) is 31.2 Å². The summed E-state index contributed by atoms with van der Waals surface area (Å²) in [4.78, 5) is 43.0. The average Bonchev–Trinajstić information content (AvgIpc) is 3.36. The molecule has 0 bridgehead atoms. The van der Waals surface area contributed by atoms with Crippen molar-refractivity contribution >= 4 is 29.1 Å². The Bertz CT molecular complexity index is 1340. The summed E-state index contributed by atoms with van der Waals surface area (Å²) in [5.41, 5.74) is 0.535. The summed E-state index contributed by atoms with van der Waals surface area (Å²) in [6, 6.07) is 13.0. The number of furan rings is 1. The quantitative estimate of drug-likeness (QED) is 0.249. The average molecular weight is 573 g/mol. The lowest BCUT2D eigenvalue weighted by Crippen LogP contribution is -2.47. The van der Waals surface area contributed by atoms with Crippen LogP contribution in [-0.2, 0) is 22.6 Å². The van der Waals surface area contributed by atoms with E-state index >= 15 is 0 Å². The van der Waals surface area contributed by atoms with Crippen LogP contribution in [0.4, 0.5) is 10.1 Å². The lowest BCUT2D eigenvalue weighted by Gasteiger charge is -2.31. The second kappa shape index (κ2) is 13.5. The van der Waals surface area contributed by atoms with Gasteiger partial charge in [0.2, 0.25) is 5.91 Å². The molecule has 1 saturated heterocycles. The lowest BCUT2D eigenvalue weighted by molar-refractivity contribution is -0.384. The zero-order valence-corrected chi connectivity index (χ0v) is 22.8. The number of nitrogens with zero attached hydrogens (tertiary/aromatic N) is 4. The van der Waals surface area contributed by atoms with Crippen molar-refractivity contribution in [1.82, 2.24) is 14.7 Å². The van der Waals surface area contributed by atoms with E-state index in [0.717, 1.165) is 6.07 Å². The number of carbonyl (C=O) groups excluding carboxylic acids is 2. The topological polar surface area (TPSA) is 109 Å². The van der Waals surface area contributed by atoms with Crippen LogP contribution in [0.2, 0.25) is 5.02 Å². The van der Waals surface area contributed by atoms with Crippen LogP contribution < -0.4 is 0 Å². The second-order valence-electron chi connectivity index (χ2n) is 9.49. The first-order valence-corrected chi connectivity index (χ1v) is 13.2. The zero-order valence-electron chi connectivity index (χ0n) is 22.1. The van der Waals surface area contributed by atoms with Crippen molar-refractivity contribution in [2.45, 2.75) is 20.0 Å². The maximum absolute atomic E-state index is 13.7. The molecule has 10 nitrogen and oxygen atoms in total. The third-order valence-electron chi connectivity index (χ3n) is 6.58. The van der Waals surface area contributed by atoms with Gasteiger partial charge in [0.25, 0.3) is 11.6 Å². The highest BCUT2D eigenvalue weighted by molar-refractivity contribution is 6.34. The summed E-state index contributed by atoms with van der Waals surface area (Å²) in [6.45, 7) is 5.13. The first-order valence-electron chi connectivity index (χ1n) is 12.8. The minimum absolute atomic E-state index is 0.0637. The number of benzene rings is 2. The number of hydrogen-bond acceptors (Lipinski definition) is 7. The lowest BCUT2D eigenvalue weighted by atomic mass is 10.1. The van der Waals surface area contributed by atoms with Gasteiger partial charge in [0, 0.05) is 44.9 Å². The molecule has 2 aromatic carbocycles. The van der Waals surface area contributed by atoms with Crippen molar-refractivity contribution in [2.24, 2.45) is 0 Å². The molecular weight excluding hydrogens is 543 g/mol. The molecule has 0 spiro atoms. The first kappa shape index (κ1) is 29.2. The smallest absolute Gasteiger partial charge is 0.270 e. The van der Waals surface area contributed by atoms with Crippen LogP contribution in [0.3, 0.4) is 0 Å². The van der Waals surface area contributed by atoms with Crippen LogP contribution >= 0.6 is 11.6 Å². The number of hydrogen-bond donors (Lipinski definition) is 0. The number of nitro groups is 1. The number of amides is 2. The molecule has 12 heteroatoms. The minimum Gasteiger partial charge on any atom is -0.464 e. The number of rotatable bonds is 11. The van der Waals surface area contributed by atoms with Gasteiger partial charge < -0.3 is 19.0 Å². The Labute approximate surface area is 236 Å². The van der Waals surface area contributed by atoms with Crippen LogP contribution in [0.5, 0.6) is 0 Å². The Hall–Kier alpha value is -3.80. The normalized spacial score (nSPS) is 13.7. The van der Waals surface area contributed by atoms with Crippen molar-refractivity contribution in [3.8, 4) is 0 Å². The van der Waals surface area contributed by atoms with Gasteiger partial charge >= 0.3 is 0 Å². The van der Waals surface area contributed by atoms with Crippen molar-refractivity contribution in [1.29, 1.82) is 0 Å². The number of non-ortho nitro benzene ring substituents is 1. The van der Waals surface area contributed by atoms with Crippen molar-refractivity contribution < 1.29 is 28.1 Å². The minimum atomic E-state index is -0.594. The summed E-state index contributed by atoms with van der Waals surface area (Å²) in [5.74, 6) is 0.00356. The molecule has 2 amide bonds. The molecule has 40 heavy (non-hydrogen) atoms. The maximum atomic E-state index is 13.7. The molecule has 3 aromatic rings. The molecule has 0 radical (unpaired) electrons. The van der Waals surface area contributed by atoms with Gasteiger partial charge in [0.05, 0.1) is 35.3 Å². The molecule has 1 fully saturated rings. The van der Waals surface area contributed by atoms with Crippen LogP contribution in [0, 0.1) is 22.9 Å². The molecule has 1 aliphatic rings. The van der Waals surface area contributed by atoms with Gasteiger partial charge in [-0.1, -0.05) is 23.7 Å². The molecule has 1 aromatic heterocycles. The van der Waals surface area contributed by atoms with Crippen LogP contribution in [0.15, 0.2) is 59.0 Å². The van der Waals surface area contributed by atoms with Crippen molar-refractivity contribution in [3.05, 3.63) is 98.2 Å². The third kappa shape index (κ3) is 7.87. The maximum Gasteiger partial charge on any atom is 0.270 e. The predicted molar refractivity (Wildman–Crippen MR) is 145 cm³/mol. The molecule has 0 saturated carbocycles. The molecule has 4 rings (SSSR count). The molecule has 0 aliphatic carbocycles. The van der Waals surface area contributed by atoms with Gasteiger partial charge in [-0.05, 0) is 42.8 Å². The fourth-order valence-electron chi connectivity index (χ4n) is 4.36. The van der Waals surface area contributed by atoms with Crippen LogP contribution in [-0.4, -0.2) is 77.4 Å². The van der Waals surface area contributed by atoms with Gasteiger partial charge in [-0.25, -0.2) is 4.39 Å².